The standard InChI is InChI=1S/C16H26N2/c1-2-3-9-18-12-15(11-16(17)13-18)10-14-7-5-4-6-8-14/h4-8,15-16H,2-3,9-13,17H2,1H3. The summed E-state index contributed by atoms with van der Waals surface area (Å²) in [5, 5.41) is 0. The lowest BCUT2D eigenvalue weighted by molar-refractivity contribution is 0.154. The van der Waals surface area contributed by atoms with Gasteiger partial charge in [0, 0.05) is 19.1 Å². The van der Waals surface area contributed by atoms with Gasteiger partial charge in [-0.2, -0.15) is 0 Å². The third-order valence-corrected chi connectivity index (χ3v) is 3.84. The Morgan fingerprint density at radius 1 is 1.22 bits per heavy atom. The summed E-state index contributed by atoms with van der Waals surface area (Å²) in [4.78, 5) is 2.56. The molecule has 0 aromatic heterocycles. The molecule has 2 nitrogen and oxygen atoms in total. The molecule has 1 fully saturated rings. The van der Waals surface area contributed by atoms with E-state index in [1.54, 1.807) is 0 Å². The zero-order valence-corrected chi connectivity index (χ0v) is 11.5. The predicted molar refractivity (Wildman–Crippen MR) is 77.6 cm³/mol. The number of piperidine rings is 1. The third-order valence-electron chi connectivity index (χ3n) is 3.84. The molecule has 0 spiro atoms. The number of benzene rings is 1. The molecule has 0 bridgehead atoms. The number of hydrogen-bond acceptors (Lipinski definition) is 2. The van der Waals surface area contributed by atoms with E-state index in [-0.39, 0.29) is 0 Å². The van der Waals surface area contributed by atoms with Crippen LogP contribution in [-0.2, 0) is 6.42 Å². The van der Waals surface area contributed by atoms with Crippen molar-refractivity contribution in [2.45, 2.75) is 38.6 Å². The fourth-order valence-corrected chi connectivity index (χ4v) is 3.01. The highest BCUT2D eigenvalue weighted by Crippen LogP contribution is 2.20. The normalized spacial score (nSPS) is 25.2. The molecular weight excluding hydrogens is 220 g/mol. The van der Waals surface area contributed by atoms with Crippen LogP contribution in [0.3, 0.4) is 0 Å². The summed E-state index contributed by atoms with van der Waals surface area (Å²) in [5.74, 6) is 0.730. The summed E-state index contributed by atoms with van der Waals surface area (Å²) in [6, 6.07) is 11.2. The molecular formula is C16H26N2. The maximum atomic E-state index is 6.20. The second kappa shape index (κ2) is 6.91. The highest BCUT2D eigenvalue weighted by atomic mass is 15.1. The zero-order chi connectivity index (χ0) is 12.8. The molecule has 18 heavy (non-hydrogen) atoms. The molecule has 0 aliphatic carbocycles. The van der Waals surface area contributed by atoms with E-state index >= 15 is 0 Å². The van der Waals surface area contributed by atoms with Crippen molar-refractivity contribution in [1.29, 1.82) is 0 Å². The molecule has 2 atom stereocenters. The summed E-state index contributed by atoms with van der Waals surface area (Å²) in [6.07, 6.45) is 4.93. The number of unbranched alkanes of at least 4 members (excludes halogenated alkanes) is 1. The van der Waals surface area contributed by atoms with Gasteiger partial charge in [-0.05, 0) is 37.3 Å². The van der Waals surface area contributed by atoms with E-state index in [9.17, 15) is 0 Å². The van der Waals surface area contributed by atoms with E-state index in [2.05, 4.69) is 42.2 Å². The minimum absolute atomic E-state index is 0.365. The molecule has 0 amide bonds. The van der Waals surface area contributed by atoms with Gasteiger partial charge in [-0.25, -0.2) is 0 Å². The molecule has 0 radical (unpaired) electrons. The van der Waals surface area contributed by atoms with Gasteiger partial charge in [-0.15, -0.1) is 0 Å². The molecule has 2 rings (SSSR count). The summed E-state index contributed by atoms with van der Waals surface area (Å²) in [7, 11) is 0. The fourth-order valence-electron chi connectivity index (χ4n) is 3.01. The minimum Gasteiger partial charge on any atom is -0.327 e. The van der Waals surface area contributed by atoms with Crippen LogP contribution >= 0.6 is 0 Å². The quantitative estimate of drug-likeness (QED) is 0.865. The summed E-state index contributed by atoms with van der Waals surface area (Å²) >= 11 is 0. The number of nitrogens with zero attached hydrogens (tertiary/aromatic N) is 1. The van der Waals surface area contributed by atoms with Gasteiger partial charge >= 0.3 is 0 Å². The van der Waals surface area contributed by atoms with Crippen molar-refractivity contribution in [3.05, 3.63) is 35.9 Å². The largest absolute Gasteiger partial charge is 0.327 e. The minimum atomic E-state index is 0.365. The van der Waals surface area contributed by atoms with E-state index in [1.165, 1.54) is 44.3 Å². The first-order valence-electron chi connectivity index (χ1n) is 7.29. The number of nitrogens with two attached hydrogens (primary N) is 1. The smallest absolute Gasteiger partial charge is 0.0171 e. The van der Waals surface area contributed by atoms with Crippen molar-refractivity contribution in [2.75, 3.05) is 19.6 Å². The van der Waals surface area contributed by atoms with Gasteiger partial charge in [0.05, 0.1) is 0 Å². The van der Waals surface area contributed by atoms with Gasteiger partial charge in [0.2, 0.25) is 0 Å². The van der Waals surface area contributed by atoms with Crippen LogP contribution in [0.1, 0.15) is 31.7 Å². The van der Waals surface area contributed by atoms with Crippen LogP contribution in [0.4, 0.5) is 0 Å². The molecule has 0 saturated carbocycles. The first-order valence-corrected chi connectivity index (χ1v) is 7.29. The monoisotopic (exact) mass is 246 g/mol. The maximum Gasteiger partial charge on any atom is 0.0171 e. The van der Waals surface area contributed by atoms with Crippen molar-refractivity contribution < 1.29 is 0 Å². The molecule has 1 saturated heterocycles. The van der Waals surface area contributed by atoms with Gasteiger partial charge in [0.15, 0.2) is 0 Å². The van der Waals surface area contributed by atoms with Crippen molar-refractivity contribution in [3.8, 4) is 0 Å². The topological polar surface area (TPSA) is 29.3 Å². The molecule has 1 aliphatic rings. The Balaban J connectivity index is 1.88. The van der Waals surface area contributed by atoms with Gasteiger partial charge in [-0.1, -0.05) is 43.7 Å². The first-order chi connectivity index (χ1) is 8.78. The molecule has 2 unspecified atom stereocenters. The van der Waals surface area contributed by atoms with Gasteiger partial charge in [0.25, 0.3) is 0 Å². The van der Waals surface area contributed by atoms with Crippen LogP contribution in [-0.4, -0.2) is 30.6 Å². The summed E-state index contributed by atoms with van der Waals surface area (Å²) < 4.78 is 0. The first kappa shape index (κ1) is 13.6. The maximum absolute atomic E-state index is 6.20. The van der Waals surface area contributed by atoms with Crippen molar-refractivity contribution in [2.24, 2.45) is 11.7 Å². The molecule has 1 heterocycles. The summed E-state index contributed by atoms with van der Waals surface area (Å²) in [6.45, 7) is 5.79. The Bertz CT molecular complexity index is 336. The molecule has 2 heteroatoms. The Morgan fingerprint density at radius 3 is 2.72 bits per heavy atom. The van der Waals surface area contributed by atoms with Crippen LogP contribution in [0, 0.1) is 5.92 Å². The highest BCUT2D eigenvalue weighted by molar-refractivity contribution is 5.15. The van der Waals surface area contributed by atoms with E-state index in [1.807, 2.05) is 0 Å². The second-order valence-corrected chi connectivity index (χ2v) is 5.66. The second-order valence-electron chi connectivity index (χ2n) is 5.66. The zero-order valence-electron chi connectivity index (χ0n) is 11.5. The van der Waals surface area contributed by atoms with E-state index in [0.717, 1.165) is 12.5 Å². The lowest BCUT2D eigenvalue weighted by Gasteiger charge is -2.36. The highest BCUT2D eigenvalue weighted by Gasteiger charge is 2.24. The van der Waals surface area contributed by atoms with Crippen LogP contribution in [0.2, 0.25) is 0 Å². The Labute approximate surface area is 111 Å². The molecule has 2 N–H and O–H groups in total. The Morgan fingerprint density at radius 2 is 2.00 bits per heavy atom. The number of rotatable bonds is 5. The van der Waals surface area contributed by atoms with Crippen LogP contribution < -0.4 is 5.73 Å². The van der Waals surface area contributed by atoms with E-state index in [0.29, 0.717) is 6.04 Å². The molecule has 1 aromatic rings. The van der Waals surface area contributed by atoms with E-state index < -0.39 is 0 Å². The lowest BCUT2D eigenvalue weighted by Crippen LogP contribution is -2.47. The van der Waals surface area contributed by atoms with Crippen LogP contribution in [0.25, 0.3) is 0 Å². The number of likely N-dealkylation sites (tertiary alicyclic amines) is 1. The van der Waals surface area contributed by atoms with Gasteiger partial charge < -0.3 is 10.6 Å². The molecule has 1 aliphatic heterocycles. The average Bonchev–Trinajstić information content (AvgIpc) is 2.37. The van der Waals surface area contributed by atoms with Crippen molar-refractivity contribution >= 4 is 0 Å². The molecule has 1 aromatic carbocycles. The van der Waals surface area contributed by atoms with Gasteiger partial charge in [0.1, 0.15) is 0 Å². The van der Waals surface area contributed by atoms with Crippen LogP contribution in [0.5, 0.6) is 0 Å². The van der Waals surface area contributed by atoms with Gasteiger partial charge in [-0.3, -0.25) is 0 Å². The third kappa shape index (κ3) is 4.11. The summed E-state index contributed by atoms with van der Waals surface area (Å²) in [5.41, 5.74) is 7.65. The molecule has 100 valence electrons. The Hall–Kier alpha value is -0.860. The van der Waals surface area contributed by atoms with Crippen LogP contribution in [0.15, 0.2) is 30.3 Å². The Kier molecular flexibility index (Phi) is 5.21. The predicted octanol–water partition coefficient (Wildman–Crippen LogP) is 2.68. The fraction of sp³-hybridized carbons (Fsp3) is 0.625. The van der Waals surface area contributed by atoms with E-state index in [4.69, 9.17) is 5.73 Å². The number of hydrogen-bond donors (Lipinski definition) is 1. The SMILES string of the molecule is CCCCN1CC(N)CC(Cc2ccccc2)C1. The van der Waals surface area contributed by atoms with Crippen molar-refractivity contribution in [3.63, 3.8) is 0 Å². The van der Waals surface area contributed by atoms with Crippen molar-refractivity contribution in [1.82, 2.24) is 4.90 Å². The lowest BCUT2D eigenvalue weighted by atomic mass is 9.89. The average molecular weight is 246 g/mol.